The van der Waals surface area contributed by atoms with Crippen LogP contribution in [0.1, 0.15) is 16.7 Å². The van der Waals surface area contributed by atoms with Gasteiger partial charge in [0.25, 0.3) is 11.1 Å². The van der Waals surface area contributed by atoms with Crippen molar-refractivity contribution in [3.63, 3.8) is 0 Å². The fraction of sp³-hybridized carbons (Fsp3) is 0.111. The quantitative estimate of drug-likeness (QED) is 0.254. The highest BCUT2D eigenvalue weighted by Crippen LogP contribution is 2.39. The van der Waals surface area contributed by atoms with E-state index in [4.69, 9.17) is 26.3 Å². The Kier molecular flexibility index (Phi) is 9.35. The van der Waals surface area contributed by atoms with E-state index in [1.165, 1.54) is 7.11 Å². The van der Waals surface area contributed by atoms with Crippen LogP contribution in [0.5, 0.6) is 11.5 Å². The van der Waals surface area contributed by atoms with Gasteiger partial charge in [-0.25, -0.2) is 0 Å². The minimum Gasteiger partial charge on any atom is -0.493 e. The van der Waals surface area contributed by atoms with Crippen LogP contribution in [-0.2, 0) is 16.2 Å². The largest absolute Gasteiger partial charge is 0.493 e. The third-order valence-corrected chi connectivity index (χ3v) is 8.12. The van der Waals surface area contributed by atoms with E-state index in [-0.39, 0.29) is 11.5 Å². The highest BCUT2D eigenvalue weighted by molar-refractivity contribution is 9.10. The maximum atomic E-state index is 12.9. The molecule has 1 aliphatic heterocycles. The molecule has 0 aromatic heterocycles. The van der Waals surface area contributed by atoms with Gasteiger partial charge in [0.15, 0.2) is 11.5 Å². The Hall–Kier alpha value is -3.30. The van der Waals surface area contributed by atoms with Crippen molar-refractivity contribution in [3.05, 3.63) is 90.2 Å². The average Bonchev–Trinajstić information content (AvgIpc) is 3.17. The standard InChI is InChI=1S/C27H18Br2ClN3O5S/c1-37-22-9-17(8-20(29)25(22)38-14-16-4-2-15(12-31)3-5-16)10-23-26(35)33(27(36)39-23)13-24(34)32-18-6-7-19(28)21(30)11-18/h2-11H,13-14H2,1H3,(H,32,34)/b23-10+. The van der Waals surface area contributed by atoms with Crippen molar-refractivity contribution < 1.29 is 23.9 Å². The number of imide groups is 1. The summed E-state index contributed by atoms with van der Waals surface area (Å²) in [5.41, 5.74) is 2.45. The van der Waals surface area contributed by atoms with Crippen molar-refractivity contribution >= 4 is 84.0 Å². The van der Waals surface area contributed by atoms with Gasteiger partial charge in [-0.15, -0.1) is 0 Å². The first kappa shape index (κ1) is 28.7. The first-order chi connectivity index (χ1) is 18.7. The van der Waals surface area contributed by atoms with Crippen LogP contribution in [0.3, 0.4) is 0 Å². The molecule has 3 aromatic rings. The number of amides is 3. The van der Waals surface area contributed by atoms with Crippen LogP contribution >= 0.6 is 55.2 Å². The van der Waals surface area contributed by atoms with Gasteiger partial charge in [0.05, 0.1) is 33.1 Å². The topological polar surface area (TPSA) is 109 Å². The second kappa shape index (κ2) is 12.7. The van der Waals surface area contributed by atoms with Gasteiger partial charge in [0.1, 0.15) is 13.2 Å². The summed E-state index contributed by atoms with van der Waals surface area (Å²) in [6, 6.07) is 17.4. The molecule has 1 fully saturated rings. The number of benzene rings is 3. The van der Waals surface area contributed by atoms with Gasteiger partial charge >= 0.3 is 0 Å². The molecule has 0 saturated carbocycles. The molecule has 0 aliphatic carbocycles. The van der Waals surface area contributed by atoms with Crippen LogP contribution < -0.4 is 14.8 Å². The predicted molar refractivity (Wildman–Crippen MR) is 157 cm³/mol. The number of rotatable bonds is 8. The number of nitrogens with one attached hydrogen (secondary N) is 1. The van der Waals surface area contributed by atoms with E-state index in [0.29, 0.717) is 42.3 Å². The number of carbonyl (C=O) groups is 3. The van der Waals surface area contributed by atoms with E-state index in [9.17, 15) is 14.4 Å². The van der Waals surface area contributed by atoms with Crippen molar-refractivity contribution in [2.24, 2.45) is 0 Å². The molecule has 0 bridgehead atoms. The van der Waals surface area contributed by atoms with Crippen LogP contribution in [0.25, 0.3) is 6.08 Å². The number of thioether (sulfide) groups is 1. The minimum atomic E-state index is -0.578. The van der Waals surface area contributed by atoms with Crippen molar-refractivity contribution in [2.45, 2.75) is 6.61 Å². The average molecular weight is 692 g/mol. The zero-order chi connectivity index (χ0) is 28.1. The van der Waals surface area contributed by atoms with E-state index >= 15 is 0 Å². The lowest BCUT2D eigenvalue weighted by Gasteiger charge is -2.14. The maximum Gasteiger partial charge on any atom is 0.294 e. The van der Waals surface area contributed by atoms with Crippen LogP contribution in [0.15, 0.2) is 68.4 Å². The summed E-state index contributed by atoms with van der Waals surface area (Å²) >= 11 is 13.6. The molecule has 39 heavy (non-hydrogen) atoms. The zero-order valence-corrected chi connectivity index (χ0v) is 24.9. The fourth-order valence-corrected chi connectivity index (χ4v) is 5.34. The van der Waals surface area contributed by atoms with Crippen molar-refractivity contribution in [2.75, 3.05) is 19.0 Å². The monoisotopic (exact) mass is 689 g/mol. The molecular weight excluding hydrogens is 674 g/mol. The number of anilines is 1. The molecule has 0 spiro atoms. The number of ether oxygens (including phenoxy) is 2. The molecule has 0 unspecified atom stereocenters. The minimum absolute atomic E-state index is 0.166. The Morgan fingerprint density at radius 1 is 1.13 bits per heavy atom. The van der Waals surface area contributed by atoms with Gasteiger partial charge < -0.3 is 14.8 Å². The van der Waals surface area contributed by atoms with E-state index in [2.05, 4.69) is 43.2 Å². The highest BCUT2D eigenvalue weighted by atomic mass is 79.9. The second-order valence-corrected chi connectivity index (χ2v) is 11.2. The van der Waals surface area contributed by atoms with E-state index in [0.717, 1.165) is 22.2 Å². The van der Waals surface area contributed by atoms with E-state index in [1.54, 1.807) is 60.7 Å². The number of nitrogens with zero attached hydrogens (tertiary/aromatic N) is 2. The zero-order valence-electron chi connectivity index (χ0n) is 20.2. The Morgan fingerprint density at radius 2 is 1.87 bits per heavy atom. The molecule has 8 nitrogen and oxygen atoms in total. The van der Waals surface area contributed by atoms with E-state index < -0.39 is 23.6 Å². The Labute approximate surface area is 250 Å². The molecule has 4 rings (SSSR count). The number of nitriles is 1. The lowest BCUT2D eigenvalue weighted by atomic mass is 10.1. The first-order valence-electron chi connectivity index (χ1n) is 11.2. The molecule has 0 radical (unpaired) electrons. The summed E-state index contributed by atoms with van der Waals surface area (Å²) < 4.78 is 12.7. The number of methoxy groups -OCH3 is 1. The summed E-state index contributed by atoms with van der Waals surface area (Å²) in [5, 5.41) is 11.4. The molecule has 1 N–H and O–H groups in total. The van der Waals surface area contributed by atoms with Gasteiger partial charge in [0.2, 0.25) is 5.91 Å². The number of halogens is 3. The van der Waals surface area contributed by atoms with Gasteiger partial charge in [-0.1, -0.05) is 23.7 Å². The Bertz CT molecular complexity index is 1540. The normalized spacial score (nSPS) is 13.9. The van der Waals surface area contributed by atoms with Gasteiger partial charge in [-0.2, -0.15) is 5.26 Å². The summed E-state index contributed by atoms with van der Waals surface area (Å²) in [5.74, 6) is -0.247. The van der Waals surface area contributed by atoms with Crippen LogP contribution in [0.2, 0.25) is 5.02 Å². The van der Waals surface area contributed by atoms with Crippen LogP contribution in [0, 0.1) is 11.3 Å². The molecule has 3 amide bonds. The SMILES string of the molecule is COc1cc(/C=C2/SC(=O)N(CC(=O)Nc3ccc(Br)c(Cl)c3)C2=O)cc(Br)c1OCc1ccc(C#N)cc1. The highest BCUT2D eigenvalue weighted by Gasteiger charge is 2.36. The summed E-state index contributed by atoms with van der Waals surface area (Å²) in [6.07, 6.45) is 1.55. The molecule has 0 atom stereocenters. The molecule has 1 aliphatic rings. The Morgan fingerprint density at radius 3 is 2.54 bits per heavy atom. The summed E-state index contributed by atoms with van der Waals surface area (Å²) in [7, 11) is 1.49. The van der Waals surface area contributed by atoms with Gasteiger partial charge in [-0.05, 0) is 103 Å². The molecular formula is C27H18Br2ClN3O5S. The van der Waals surface area contributed by atoms with Gasteiger partial charge in [-0.3, -0.25) is 19.3 Å². The molecule has 1 heterocycles. The van der Waals surface area contributed by atoms with E-state index in [1.807, 2.05) is 0 Å². The maximum absolute atomic E-state index is 12.9. The smallest absolute Gasteiger partial charge is 0.294 e. The molecule has 12 heteroatoms. The van der Waals surface area contributed by atoms with Crippen molar-refractivity contribution in [1.82, 2.24) is 4.90 Å². The number of hydrogen-bond donors (Lipinski definition) is 1. The van der Waals surface area contributed by atoms with Crippen LogP contribution in [-0.4, -0.2) is 35.6 Å². The fourth-order valence-electron chi connectivity index (χ4n) is 3.50. The lowest BCUT2D eigenvalue weighted by Crippen LogP contribution is -2.36. The summed E-state index contributed by atoms with van der Waals surface area (Å²) in [6.45, 7) is -0.196. The van der Waals surface area contributed by atoms with Gasteiger partial charge in [0, 0.05) is 10.2 Å². The predicted octanol–water partition coefficient (Wildman–Crippen LogP) is 7.00. The van der Waals surface area contributed by atoms with Crippen molar-refractivity contribution in [3.8, 4) is 17.6 Å². The summed E-state index contributed by atoms with van der Waals surface area (Å²) in [4.78, 5) is 39.0. The molecule has 3 aromatic carbocycles. The van der Waals surface area contributed by atoms with Crippen LogP contribution in [0.4, 0.5) is 10.5 Å². The first-order valence-corrected chi connectivity index (χ1v) is 14.0. The molecule has 1 saturated heterocycles. The lowest BCUT2D eigenvalue weighted by molar-refractivity contribution is -0.127. The Balaban J connectivity index is 1.45. The van der Waals surface area contributed by atoms with Crippen molar-refractivity contribution in [1.29, 1.82) is 5.26 Å². The third kappa shape index (κ3) is 7.02. The number of carbonyl (C=O) groups excluding carboxylic acids is 3. The second-order valence-electron chi connectivity index (χ2n) is 8.08. The third-order valence-electron chi connectivity index (χ3n) is 5.39. The number of hydrogen-bond acceptors (Lipinski definition) is 7. The molecule has 198 valence electrons.